The Hall–Kier alpha value is -1.62. The molecule has 0 heterocycles. The van der Waals surface area contributed by atoms with E-state index in [9.17, 15) is 9.18 Å². The number of halogens is 1. The molecule has 1 amide bonds. The summed E-state index contributed by atoms with van der Waals surface area (Å²) in [7, 11) is 0. The molecule has 0 aromatic heterocycles. The Morgan fingerprint density at radius 2 is 2.10 bits per heavy atom. The maximum absolute atomic E-state index is 13.2. The zero-order valence-electron chi connectivity index (χ0n) is 12.5. The van der Waals surface area contributed by atoms with Crippen molar-refractivity contribution in [1.29, 1.82) is 0 Å². The van der Waals surface area contributed by atoms with Crippen LogP contribution in [-0.2, 0) is 4.79 Å². The number of hydrogen-bond acceptors (Lipinski definition) is 3. The first kappa shape index (κ1) is 15.8. The van der Waals surface area contributed by atoms with E-state index in [4.69, 9.17) is 10.5 Å². The van der Waals surface area contributed by atoms with Crippen molar-refractivity contribution in [3.63, 3.8) is 0 Å². The van der Waals surface area contributed by atoms with Gasteiger partial charge < -0.3 is 15.8 Å². The zero-order chi connectivity index (χ0) is 15.3. The highest BCUT2D eigenvalue weighted by atomic mass is 19.1. The zero-order valence-corrected chi connectivity index (χ0v) is 12.5. The number of amides is 1. The van der Waals surface area contributed by atoms with Gasteiger partial charge in [0.25, 0.3) is 0 Å². The lowest BCUT2D eigenvalue weighted by atomic mass is 9.80. The minimum absolute atomic E-state index is 0.146. The molecule has 4 nitrogen and oxygen atoms in total. The van der Waals surface area contributed by atoms with E-state index >= 15 is 0 Å². The lowest BCUT2D eigenvalue weighted by Crippen LogP contribution is -2.44. The predicted molar refractivity (Wildman–Crippen MR) is 80.8 cm³/mol. The van der Waals surface area contributed by atoms with E-state index in [0.717, 1.165) is 25.7 Å². The molecule has 116 valence electrons. The predicted octanol–water partition coefficient (Wildman–Crippen LogP) is 3.21. The van der Waals surface area contributed by atoms with Crippen molar-refractivity contribution in [2.24, 2.45) is 5.73 Å². The van der Waals surface area contributed by atoms with Crippen LogP contribution in [0.2, 0.25) is 0 Å². The second-order valence-corrected chi connectivity index (χ2v) is 5.72. The van der Waals surface area contributed by atoms with Gasteiger partial charge in [-0.3, -0.25) is 4.79 Å². The van der Waals surface area contributed by atoms with Crippen molar-refractivity contribution in [3.8, 4) is 5.75 Å². The van der Waals surface area contributed by atoms with Gasteiger partial charge in [0.05, 0.1) is 12.3 Å². The summed E-state index contributed by atoms with van der Waals surface area (Å²) in [5.41, 5.74) is 6.36. The molecule has 1 aliphatic rings. The van der Waals surface area contributed by atoms with E-state index in [0.29, 0.717) is 18.0 Å². The molecule has 1 aliphatic carbocycles. The molecule has 0 unspecified atom stereocenters. The van der Waals surface area contributed by atoms with Crippen LogP contribution in [0.1, 0.15) is 45.4 Å². The van der Waals surface area contributed by atoms with Crippen LogP contribution >= 0.6 is 0 Å². The minimum atomic E-state index is -0.409. The molecule has 0 radical (unpaired) electrons. The third-order valence-corrected chi connectivity index (χ3v) is 3.88. The standard InChI is InChI=1S/C16H23FN2O2/c1-2-21-14-10-12(17)6-7-13(14)19-15(20)11-16(18)8-4-3-5-9-16/h6-7,10H,2-5,8-9,11,18H2,1H3,(H,19,20). The molecule has 21 heavy (non-hydrogen) atoms. The molecule has 3 N–H and O–H groups in total. The van der Waals surface area contributed by atoms with Gasteiger partial charge in [-0.15, -0.1) is 0 Å². The topological polar surface area (TPSA) is 64.3 Å². The number of anilines is 1. The summed E-state index contributed by atoms with van der Waals surface area (Å²) >= 11 is 0. The SMILES string of the molecule is CCOc1cc(F)ccc1NC(=O)CC1(N)CCCCC1. The highest BCUT2D eigenvalue weighted by molar-refractivity contribution is 5.93. The summed E-state index contributed by atoms with van der Waals surface area (Å²) < 4.78 is 18.6. The van der Waals surface area contributed by atoms with Crippen LogP contribution in [-0.4, -0.2) is 18.1 Å². The molecule has 5 heteroatoms. The maximum Gasteiger partial charge on any atom is 0.226 e. The van der Waals surface area contributed by atoms with Crippen LogP contribution in [0.4, 0.5) is 10.1 Å². The van der Waals surface area contributed by atoms with E-state index in [2.05, 4.69) is 5.32 Å². The Bertz CT molecular complexity index is 499. The van der Waals surface area contributed by atoms with Gasteiger partial charge >= 0.3 is 0 Å². The van der Waals surface area contributed by atoms with Gasteiger partial charge in [0.1, 0.15) is 11.6 Å². The monoisotopic (exact) mass is 294 g/mol. The van der Waals surface area contributed by atoms with Crippen LogP contribution in [0.3, 0.4) is 0 Å². The van der Waals surface area contributed by atoms with Gasteiger partial charge in [-0.05, 0) is 31.9 Å². The van der Waals surface area contributed by atoms with Crippen molar-refractivity contribution in [3.05, 3.63) is 24.0 Å². The quantitative estimate of drug-likeness (QED) is 0.876. The van der Waals surface area contributed by atoms with Crippen LogP contribution in [0.15, 0.2) is 18.2 Å². The van der Waals surface area contributed by atoms with Crippen molar-refractivity contribution in [2.75, 3.05) is 11.9 Å². The first-order valence-electron chi connectivity index (χ1n) is 7.53. The Labute approximate surface area is 124 Å². The number of nitrogens with two attached hydrogens (primary N) is 1. The number of benzene rings is 1. The smallest absolute Gasteiger partial charge is 0.226 e. The van der Waals surface area contributed by atoms with Crippen LogP contribution < -0.4 is 15.8 Å². The summed E-state index contributed by atoms with van der Waals surface area (Å²) in [6.45, 7) is 2.22. The molecule has 1 aromatic carbocycles. The van der Waals surface area contributed by atoms with Crippen LogP contribution in [0.25, 0.3) is 0 Å². The summed E-state index contributed by atoms with van der Waals surface area (Å²) in [4.78, 5) is 12.2. The molecule has 0 saturated heterocycles. The number of hydrogen-bond donors (Lipinski definition) is 2. The first-order chi connectivity index (χ1) is 10.0. The van der Waals surface area contributed by atoms with Crippen LogP contribution in [0.5, 0.6) is 5.75 Å². The molecule has 0 spiro atoms. The Morgan fingerprint density at radius 3 is 2.76 bits per heavy atom. The number of carbonyl (C=O) groups excluding carboxylic acids is 1. The van der Waals surface area contributed by atoms with E-state index in [1.54, 1.807) is 0 Å². The number of nitrogens with one attached hydrogen (secondary N) is 1. The summed E-state index contributed by atoms with van der Waals surface area (Å²) in [6.07, 6.45) is 5.38. The van der Waals surface area contributed by atoms with Crippen molar-refractivity contribution in [1.82, 2.24) is 0 Å². The van der Waals surface area contributed by atoms with Crippen molar-refractivity contribution < 1.29 is 13.9 Å². The van der Waals surface area contributed by atoms with Gasteiger partial charge in [-0.1, -0.05) is 19.3 Å². The van der Waals surface area contributed by atoms with Gasteiger partial charge in [0.15, 0.2) is 0 Å². The molecule has 1 aromatic rings. The van der Waals surface area contributed by atoms with Crippen molar-refractivity contribution >= 4 is 11.6 Å². The number of rotatable bonds is 5. The maximum atomic E-state index is 13.2. The second-order valence-electron chi connectivity index (χ2n) is 5.72. The van der Waals surface area contributed by atoms with Crippen molar-refractivity contribution in [2.45, 2.75) is 51.0 Å². The van der Waals surface area contributed by atoms with Gasteiger partial charge in [-0.2, -0.15) is 0 Å². The average molecular weight is 294 g/mol. The highest BCUT2D eigenvalue weighted by Gasteiger charge is 2.30. The number of ether oxygens (including phenoxy) is 1. The molecule has 1 saturated carbocycles. The molecule has 1 fully saturated rings. The fraction of sp³-hybridized carbons (Fsp3) is 0.562. The summed E-state index contributed by atoms with van der Waals surface area (Å²) in [6, 6.07) is 4.09. The Kier molecular flexibility index (Phi) is 5.17. The summed E-state index contributed by atoms with van der Waals surface area (Å²) in [5.74, 6) is -0.188. The summed E-state index contributed by atoms with van der Waals surface area (Å²) in [5, 5.41) is 2.78. The highest BCUT2D eigenvalue weighted by Crippen LogP contribution is 2.30. The third kappa shape index (κ3) is 4.43. The van der Waals surface area contributed by atoms with Gasteiger partial charge in [0.2, 0.25) is 5.91 Å². The van der Waals surface area contributed by atoms with E-state index < -0.39 is 5.54 Å². The molecular weight excluding hydrogens is 271 g/mol. The van der Waals surface area contributed by atoms with E-state index in [1.807, 2.05) is 6.92 Å². The average Bonchev–Trinajstić information content (AvgIpc) is 2.42. The Morgan fingerprint density at radius 1 is 1.38 bits per heavy atom. The number of carbonyl (C=O) groups is 1. The molecule has 0 atom stereocenters. The van der Waals surface area contributed by atoms with Crippen LogP contribution in [0, 0.1) is 5.82 Å². The second kappa shape index (κ2) is 6.89. The largest absolute Gasteiger partial charge is 0.492 e. The van der Waals surface area contributed by atoms with E-state index in [1.165, 1.54) is 24.6 Å². The first-order valence-corrected chi connectivity index (χ1v) is 7.53. The fourth-order valence-electron chi connectivity index (χ4n) is 2.82. The molecule has 0 bridgehead atoms. The molecule has 0 aliphatic heterocycles. The lowest BCUT2D eigenvalue weighted by Gasteiger charge is -2.32. The van der Waals surface area contributed by atoms with Gasteiger partial charge in [-0.25, -0.2) is 4.39 Å². The third-order valence-electron chi connectivity index (χ3n) is 3.88. The Balaban J connectivity index is 2.02. The molecule has 2 rings (SSSR count). The normalized spacial score (nSPS) is 17.3. The molecular formula is C16H23FN2O2. The van der Waals surface area contributed by atoms with Gasteiger partial charge in [0, 0.05) is 18.0 Å². The minimum Gasteiger partial charge on any atom is -0.492 e. The van der Waals surface area contributed by atoms with E-state index in [-0.39, 0.29) is 18.1 Å². The lowest BCUT2D eigenvalue weighted by molar-refractivity contribution is -0.117. The fourth-order valence-corrected chi connectivity index (χ4v) is 2.82.